The highest BCUT2D eigenvalue weighted by atomic mass is 15.1. The molecule has 1 heterocycles. The molecule has 0 fully saturated rings. The zero-order valence-electron chi connectivity index (χ0n) is 12.7. The molecule has 1 aromatic heterocycles. The van der Waals surface area contributed by atoms with Crippen molar-refractivity contribution in [3.05, 3.63) is 12.4 Å². The number of hydrogen-bond acceptors (Lipinski definition) is 5. The van der Waals surface area contributed by atoms with Crippen molar-refractivity contribution >= 4 is 11.6 Å². The van der Waals surface area contributed by atoms with Gasteiger partial charge in [-0.05, 0) is 25.7 Å². The van der Waals surface area contributed by atoms with Gasteiger partial charge in [0.1, 0.15) is 18.0 Å². The normalized spacial score (nSPS) is 12.3. The average Bonchev–Trinajstić information content (AvgIpc) is 2.37. The lowest BCUT2D eigenvalue weighted by Crippen LogP contribution is -2.39. The van der Waals surface area contributed by atoms with Crippen molar-refractivity contribution in [3.8, 4) is 0 Å². The molecule has 0 aliphatic heterocycles. The summed E-state index contributed by atoms with van der Waals surface area (Å²) in [6.45, 7) is 12.2. The Bertz CT molecular complexity index is 401. The Morgan fingerprint density at radius 2 is 1.79 bits per heavy atom. The van der Waals surface area contributed by atoms with Gasteiger partial charge < -0.3 is 16.4 Å². The van der Waals surface area contributed by atoms with Gasteiger partial charge in [0.2, 0.25) is 0 Å². The second kappa shape index (κ2) is 6.19. The number of aromatic nitrogens is 2. The third kappa shape index (κ3) is 5.42. The van der Waals surface area contributed by atoms with Gasteiger partial charge in [-0.1, -0.05) is 20.8 Å². The van der Waals surface area contributed by atoms with E-state index < -0.39 is 0 Å². The molecule has 0 unspecified atom stereocenters. The molecule has 0 aliphatic rings. The van der Waals surface area contributed by atoms with Crippen molar-refractivity contribution in [3.63, 3.8) is 0 Å². The Labute approximate surface area is 116 Å². The van der Waals surface area contributed by atoms with Gasteiger partial charge in [0.15, 0.2) is 0 Å². The molecule has 19 heavy (non-hydrogen) atoms. The summed E-state index contributed by atoms with van der Waals surface area (Å²) in [5, 5.41) is 6.66. The number of nitrogens with two attached hydrogens (primary N) is 1. The maximum Gasteiger partial charge on any atom is 0.131 e. The van der Waals surface area contributed by atoms with Crippen LogP contribution in [0.5, 0.6) is 0 Å². The SMILES string of the molecule is CCC(C)(C)CNc1cc(NC(C)(C)CN)ncn1. The lowest BCUT2D eigenvalue weighted by molar-refractivity contribution is 0.376. The molecule has 108 valence electrons. The quantitative estimate of drug-likeness (QED) is 0.706. The molecule has 5 nitrogen and oxygen atoms in total. The van der Waals surface area contributed by atoms with Crippen LogP contribution in [0.3, 0.4) is 0 Å². The number of nitrogens with one attached hydrogen (secondary N) is 2. The molecule has 0 bridgehead atoms. The van der Waals surface area contributed by atoms with E-state index in [2.05, 4.69) is 41.4 Å². The maximum atomic E-state index is 5.70. The summed E-state index contributed by atoms with van der Waals surface area (Å²) in [5.74, 6) is 1.63. The summed E-state index contributed by atoms with van der Waals surface area (Å²) >= 11 is 0. The predicted molar refractivity (Wildman–Crippen MR) is 81.3 cm³/mol. The van der Waals surface area contributed by atoms with Gasteiger partial charge in [0.05, 0.1) is 0 Å². The fraction of sp³-hybridized carbons (Fsp3) is 0.714. The fourth-order valence-corrected chi connectivity index (χ4v) is 1.37. The van der Waals surface area contributed by atoms with Crippen LogP contribution in [0, 0.1) is 5.41 Å². The molecule has 1 aromatic rings. The van der Waals surface area contributed by atoms with Gasteiger partial charge in [-0.25, -0.2) is 9.97 Å². The molecular weight excluding hydrogens is 238 g/mol. The van der Waals surface area contributed by atoms with Crippen molar-refractivity contribution in [2.75, 3.05) is 23.7 Å². The van der Waals surface area contributed by atoms with E-state index in [1.165, 1.54) is 0 Å². The fourth-order valence-electron chi connectivity index (χ4n) is 1.37. The highest BCUT2D eigenvalue weighted by molar-refractivity contribution is 5.47. The predicted octanol–water partition coefficient (Wildman–Crippen LogP) is 2.47. The van der Waals surface area contributed by atoms with Crippen LogP contribution in [0.4, 0.5) is 11.6 Å². The van der Waals surface area contributed by atoms with Crippen LogP contribution in [0.25, 0.3) is 0 Å². The summed E-state index contributed by atoms with van der Waals surface area (Å²) in [7, 11) is 0. The minimum Gasteiger partial charge on any atom is -0.369 e. The number of nitrogens with zero attached hydrogens (tertiary/aromatic N) is 2. The van der Waals surface area contributed by atoms with Crippen LogP contribution in [0.1, 0.15) is 41.0 Å². The summed E-state index contributed by atoms with van der Waals surface area (Å²) in [6.07, 6.45) is 2.69. The topological polar surface area (TPSA) is 75.9 Å². The lowest BCUT2D eigenvalue weighted by Gasteiger charge is -2.25. The van der Waals surface area contributed by atoms with E-state index in [0.717, 1.165) is 24.6 Å². The monoisotopic (exact) mass is 265 g/mol. The second-order valence-electron chi connectivity index (χ2n) is 6.37. The molecule has 0 aliphatic carbocycles. The minimum atomic E-state index is -0.172. The molecule has 0 amide bonds. The first-order chi connectivity index (χ1) is 8.78. The van der Waals surface area contributed by atoms with Crippen LogP contribution in [0.15, 0.2) is 12.4 Å². The van der Waals surface area contributed by atoms with Crippen LogP contribution in [-0.2, 0) is 0 Å². The standard InChI is InChI=1S/C14H27N5/c1-6-13(2,3)9-16-11-7-12(18-10-17-11)19-14(4,5)8-15/h7,10H,6,8-9,15H2,1-5H3,(H2,16,17,18,19). The number of anilines is 2. The van der Waals surface area contributed by atoms with E-state index in [9.17, 15) is 0 Å². The Kier molecular flexibility index (Phi) is 5.11. The molecule has 0 atom stereocenters. The first-order valence-electron chi connectivity index (χ1n) is 6.82. The van der Waals surface area contributed by atoms with Gasteiger partial charge in [0, 0.05) is 24.7 Å². The molecule has 4 N–H and O–H groups in total. The smallest absolute Gasteiger partial charge is 0.131 e. The Hall–Kier alpha value is -1.36. The van der Waals surface area contributed by atoms with E-state index in [1.807, 2.05) is 19.9 Å². The van der Waals surface area contributed by atoms with Gasteiger partial charge in [0.25, 0.3) is 0 Å². The summed E-state index contributed by atoms with van der Waals surface area (Å²) in [5.41, 5.74) is 5.79. The maximum absolute atomic E-state index is 5.70. The van der Waals surface area contributed by atoms with Crippen LogP contribution in [-0.4, -0.2) is 28.6 Å². The third-order valence-corrected chi connectivity index (χ3v) is 3.35. The first kappa shape index (κ1) is 15.7. The number of hydrogen-bond donors (Lipinski definition) is 3. The minimum absolute atomic E-state index is 0.172. The van der Waals surface area contributed by atoms with Gasteiger partial charge >= 0.3 is 0 Å². The van der Waals surface area contributed by atoms with E-state index >= 15 is 0 Å². The Morgan fingerprint density at radius 3 is 2.37 bits per heavy atom. The largest absolute Gasteiger partial charge is 0.369 e. The van der Waals surface area contributed by atoms with E-state index in [1.54, 1.807) is 6.33 Å². The first-order valence-corrected chi connectivity index (χ1v) is 6.82. The molecule has 0 radical (unpaired) electrons. The number of rotatable bonds is 7. The van der Waals surface area contributed by atoms with Gasteiger partial charge in [-0.15, -0.1) is 0 Å². The third-order valence-electron chi connectivity index (χ3n) is 3.35. The Balaban J connectivity index is 2.67. The van der Waals surface area contributed by atoms with Crippen molar-refractivity contribution in [2.45, 2.75) is 46.6 Å². The van der Waals surface area contributed by atoms with Crippen molar-refractivity contribution in [1.29, 1.82) is 0 Å². The average molecular weight is 265 g/mol. The van der Waals surface area contributed by atoms with Crippen molar-refractivity contribution in [1.82, 2.24) is 9.97 Å². The highest BCUT2D eigenvalue weighted by Crippen LogP contribution is 2.21. The van der Waals surface area contributed by atoms with E-state index in [-0.39, 0.29) is 11.0 Å². The summed E-state index contributed by atoms with van der Waals surface area (Å²) in [6, 6.07) is 1.92. The van der Waals surface area contributed by atoms with Gasteiger partial charge in [-0.2, -0.15) is 0 Å². The zero-order chi connectivity index (χ0) is 14.5. The second-order valence-corrected chi connectivity index (χ2v) is 6.37. The van der Waals surface area contributed by atoms with E-state index in [0.29, 0.717) is 6.54 Å². The highest BCUT2D eigenvalue weighted by Gasteiger charge is 2.17. The molecule has 5 heteroatoms. The molecule has 0 saturated carbocycles. The lowest BCUT2D eigenvalue weighted by atomic mass is 9.90. The van der Waals surface area contributed by atoms with E-state index in [4.69, 9.17) is 5.73 Å². The zero-order valence-corrected chi connectivity index (χ0v) is 12.7. The molecule has 0 aromatic carbocycles. The molecule has 0 spiro atoms. The van der Waals surface area contributed by atoms with Crippen molar-refractivity contribution in [2.24, 2.45) is 11.1 Å². The molecular formula is C14H27N5. The van der Waals surface area contributed by atoms with Crippen LogP contribution < -0.4 is 16.4 Å². The molecule has 0 saturated heterocycles. The van der Waals surface area contributed by atoms with Crippen molar-refractivity contribution < 1.29 is 0 Å². The van der Waals surface area contributed by atoms with Crippen LogP contribution in [0.2, 0.25) is 0 Å². The van der Waals surface area contributed by atoms with Crippen LogP contribution >= 0.6 is 0 Å². The summed E-state index contributed by atoms with van der Waals surface area (Å²) in [4.78, 5) is 8.46. The van der Waals surface area contributed by atoms with Gasteiger partial charge in [-0.3, -0.25) is 0 Å². The Morgan fingerprint density at radius 1 is 1.16 bits per heavy atom. The summed E-state index contributed by atoms with van der Waals surface area (Å²) < 4.78 is 0. The molecule has 1 rings (SSSR count).